The van der Waals surface area contributed by atoms with Crippen molar-refractivity contribution in [3.05, 3.63) is 83.6 Å². The van der Waals surface area contributed by atoms with Crippen LogP contribution in [0.1, 0.15) is 0 Å². The van der Waals surface area contributed by atoms with Crippen molar-refractivity contribution in [1.29, 1.82) is 0 Å². The van der Waals surface area contributed by atoms with Gasteiger partial charge in [-0.3, -0.25) is 0 Å². The van der Waals surface area contributed by atoms with E-state index in [0.29, 0.717) is 46.1 Å². The summed E-state index contributed by atoms with van der Waals surface area (Å²) in [6.45, 7) is 1.00. The minimum absolute atomic E-state index is 0.0252. The van der Waals surface area contributed by atoms with Crippen molar-refractivity contribution >= 4 is 32.5 Å². The predicted octanol–water partition coefficient (Wildman–Crippen LogP) is 5.28. The first kappa shape index (κ1) is 22.3. The fourth-order valence-corrected chi connectivity index (χ4v) is 5.20. The highest BCUT2D eigenvalue weighted by Gasteiger charge is 2.29. The minimum Gasteiger partial charge on any atom is -0.489 e. The van der Waals surface area contributed by atoms with Crippen LogP contribution in [0.3, 0.4) is 0 Å². The Bertz CT molecular complexity index is 1350. The maximum atomic E-state index is 13.8. The van der Waals surface area contributed by atoms with E-state index in [1.807, 2.05) is 49.3 Å². The molecule has 1 heterocycles. The van der Waals surface area contributed by atoms with Gasteiger partial charge in [-0.2, -0.15) is 0 Å². The van der Waals surface area contributed by atoms with Crippen molar-refractivity contribution in [3.8, 4) is 17.0 Å². The molecule has 0 fully saturated rings. The summed E-state index contributed by atoms with van der Waals surface area (Å²) in [6.07, 6.45) is 0. The molecule has 0 radical (unpaired) electrons. The van der Waals surface area contributed by atoms with Crippen LogP contribution in [0.5, 0.6) is 5.75 Å². The highest BCUT2D eigenvalue weighted by Crippen LogP contribution is 2.43. The summed E-state index contributed by atoms with van der Waals surface area (Å²) in [6, 6.07) is 18.9. The van der Waals surface area contributed by atoms with Crippen LogP contribution in [0.25, 0.3) is 22.2 Å². The number of fused-ring (bicyclic) bond motifs is 1. The molecular weight excluding hydrogens is 451 g/mol. The maximum Gasteiger partial charge on any atom is 0.268 e. The predicted molar refractivity (Wildman–Crippen MR) is 125 cm³/mol. The summed E-state index contributed by atoms with van der Waals surface area (Å²) >= 11 is 6.27. The molecule has 0 saturated carbocycles. The third kappa shape index (κ3) is 4.24. The second-order valence-corrected chi connectivity index (χ2v) is 9.80. The van der Waals surface area contributed by atoms with Crippen molar-refractivity contribution in [2.75, 3.05) is 27.2 Å². The Morgan fingerprint density at radius 2 is 1.69 bits per heavy atom. The summed E-state index contributed by atoms with van der Waals surface area (Å²) in [4.78, 5) is 1.95. The lowest BCUT2D eigenvalue weighted by Gasteiger charge is -2.15. The molecule has 0 atom stereocenters. The summed E-state index contributed by atoms with van der Waals surface area (Å²) in [7, 11) is -0.216. The molecule has 3 aromatic carbocycles. The van der Waals surface area contributed by atoms with Gasteiger partial charge in [0.25, 0.3) is 10.0 Å². The van der Waals surface area contributed by atoms with E-state index in [-0.39, 0.29) is 4.90 Å². The average molecular weight is 473 g/mol. The number of hydrogen-bond acceptors (Lipinski definition) is 4. The SMILES string of the molecule is CN(C)CCOc1c(-c2ccccc2)n(S(=O)(=O)c2ccc(F)cc2)c2ccc(Cl)cc12. The molecule has 8 heteroatoms. The van der Waals surface area contributed by atoms with Crippen LogP contribution in [-0.4, -0.2) is 44.5 Å². The van der Waals surface area contributed by atoms with Gasteiger partial charge in [-0.1, -0.05) is 41.9 Å². The van der Waals surface area contributed by atoms with E-state index >= 15 is 0 Å². The zero-order valence-electron chi connectivity index (χ0n) is 17.6. The molecule has 0 N–H and O–H groups in total. The molecule has 5 nitrogen and oxygen atoms in total. The van der Waals surface area contributed by atoms with E-state index in [4.69, 9.17) is 16.3 Å². The third-order valence-corrected chi connectivity index (χ3v) is 6.99. The Labute approximate surface area is 191 Å². The number of nitrogens with zero attached hydrogens (tertiary/aromatic N) is 2. The van der Waals surface area contributed by atoms with Crippen LogP contribution < -0.4 is 4.74 Å². The van der Waals surface area contributed by atoms with Gasteiger partial charge in [0.05, 0.1) is 10.4 Å². The quantitative estimate of drug-likeness (QED) is 0.367. The lowest BCUT2D eigenvalue weighted by Crippen LogP contribution is -2.19. The zero-order chi connectivity index (χ0) is 22.9. The summed E-state index contributed by atoms with van der Waals surface area (Å²) in [5.74, 6) is -0.0784. The van der Waals surface area contributed by atoms with Gasteiger partial charge in [0.1, 0.15) is 18.1 Å². The van der Waals surface area contributed by atoms with E-state index in [1.54, 1.807) is 18.2 Å². The summed E-state index contributed by atoms with van der Waals surface area (Å²) in [5, 5.41) is 1.05. The molecule has 0 aliphatic carbocycles. The molecule has 1 aromatic heterocycles. The van der Waals surface area contributed by atoms with Gasteiger partial charge < -0.3 is 9.64 Å². The minimum atomic E-state index is -4.08. The van der Waals surface area contributed by atoms with Gasteiger partial charge in [0.2, 0.25) is 0 Å². The molecule has 0 bridgehead atoms. The number of ether oxygens (including phenoxy) is 1. The molecule has 32 heavy (non-hydrogen) atoms. The molecular formula is C24H22ClFN2O3S. The number of aromatic nitrogens is 1. The molecule has 0 saturated heterocycles. The third-order valence-electron chi connectivity index (χ3n) is 5.02. The Hall–Kier alpha value is -2.87. The fourth-order valence-electron chi connectivity index (χ4n) is 3.49. The van der Waals surface area contributed by atoms with Crippen LogP contribution >= 0.6 is 11.6 Å². The Balaban J connectivity index is 2.04. The topological polar surface area (TPSA) is 51.5 Å². The number of halogens is 2. The highest BCUT2D eigenvalue weighted by molar-refractivity contribution is 7.90. The van der Waals surface area contributed by atoms with Crippen LogP contribution in [-0.2, 0) is 10.0 Å². The second-order valence-electron chi connectivity index (χ2n) is 7.58. The number of hydrogen-bond donors (Lipinski definition) is 0. The average Bonchev–Trinajstić information content (AvgIpc) is 3.08. The standard InChI is InChI=1S/C24H22ClFN2O3S/c1-27(2)14-15-31-24-21-16-18(25)8-13-22(21)28(23(24)17-6-4-3-5-7-17)32(29,30)20-11-9-19(26)10-12-20/h3-13,16H,14-15H2,1-2H3. The first-order valence-electron chi connectivity index (χ1n) is 9.97. The largest absolute Gasteiger partial charge is 0.489 e. The van der Waals surface area contributed by atoms with Gasteiger partial charge in [0.15, 0.2) is 5.75 Å². The van der Waals surface area contributed by atoms with E-state index in [2.05, 4.69) is 0 Å². The molecule has 0 aliphatic heterocycles. The normalized spacial score (nSPS) is 11.9. The van der Waals surface area contributed by atoms with Crippen LogP contribution in [0.4, 0.5) is 4.39 Å². The van der Waals surface area contributed by atoms with Gasteiger partial charge in [0, 0.05) is 22.5 Å². The van der Waals surface area contributed by atoms with E-state index < -0.39 is 15.8 Å². The van der Waals surface area contributed by atoms with Crippen molar-refractivity contribution in [2.24, 2.45) is 0 Å². The number of benzene rings is 3. The van der Waals surface area contributed by atoms with Gasteiger partial charge in [-0.15, -0.1) is 0 Å². The van der Waals surface area contributed by atoms with Crippen molar-refractivity contribution in [3.63, 3.8) is 0 Å². The van der Waals surface area contributed by atoms with Gasteiger partial charge >= 0.3 is 0 Å². The maximum absolute atomic E-state index is 13.8. The molecule has 0 amide bonds. The van der Waals surface area contributed by atoms with Crippen molar-refractivity contribution in [2.45, 2.75) is 4.90 Å². The molecule has 0 aliphatic rings. The Morgan fingerprint density at radius 1 is 1.00 bits per heavy atom. The molecule has 0 unspecified atom stereocenters. The first-order chi connectivity index (χ1) is 15.3. The summed E-state index contributed by atoms with van der Waals surface area (Å²) in [5.41, 5.74) is 1.49. The van der Waals surface area contributed by atoms with Crippen LogP contribution in [0.2, 0.25) is 5.02 Å². The Morgan fingerprint density at radius 3 is 2.34 bits per heavy atom. The fraction of sp³-hybridized carbons (Fsp3) is 0.167. The van der Waals surface area contributed by atoms with E-state index in [1.165, 1.54) is 16.1 Å². The van der Waals surface area contributed by atoms with Gasteiger partial charge in [-0.05, 0) is 56.6 Å². The molecule has 4 rings (SSSR count). The van der Waals surface area contributed by atoms with Crippen LogP contribution in [0.15, 0.2) is 77.7 Å². The lowest BCUT2D eigenvalue weighted by molar-refractivity contribution is 0.264. The van der Waals surface area contributed by atoms with E-state index in [9.17, 15) is 12.8 Å². The molecule has 4 aromatic rings. The monoisotopic (exact) mass is 472 g/mol. The Kier molecular flexibility index (Phi) is 6.24. The smallest absolute Gasteiger partial charge is 0.268 e. The van der Waals surface area contributed by atoms with Crippen molar-refractivity contribution in [1.82, 2.24) is 8.87 Å². The number of rotatable bonds is 7. The summed E-state index contributed by atoms with van der Waals surface area (Å²) < 4.78 is 48.5. The number of likely N-dealkylation sites (N-methyl/N-ethyl adjacent to an activating group) is 1. The molecule has 0 spiro atoms. The van der Waals surface area contributed by atoms with Gasteiger partial charge in [-0.25, -0.2) is 16.8 Å². The lowest BCUT2D eigenvalue weighted by atomic mass is 10.1. The molecule has 166 valence electrons. The van der Waals surface area contributed by atoms with E-state index in [0.717, 1.165) is 12.1 Å². The first-order valence-corrected chi connectivity index (χ1v) is 11.8. The zero-order valence-corrected chi connectivity index (χ0v) is 19.2. The second kappa shape index (κ2) is 8.94. The highest BCUT2D eigenvalue weighted by atomic mass is 35.5. The van der Waals surface area contributed by atoms with Crippen LogP contribution in [0, 0.1) is 5.82 Å². The van der Waals surface area contributed by atoms with Crippen molar-refractivity contribution < 1.29 is 17.5 Å².